The molecule has 0 aliphatic rings. The van der Waals surface area contributed by atoms with Gasteiger partial charge in [-0.3, -0.25) is 0 Å². The Labute approximate surface area is 191 Å². The van der Waals surface area contributed by atoms with Crippen LogP contribution in [0.15, 0.2) is 0 Å². The molecule has 0 radical (unpaired) electrons. The third-order valence-electron chi connectivity index (χ3n) is 5.24. The number of unbranched alkanes of at least 4 members (excludes halogenated alkanes) is 10. The first-order valence-electron chi connectivity index (χ1n) is 11.0. The van der Waals surface area contributed by atoms with Gasteiger partial charge < -0.3 is 9.66 Å². The van der Waals surface area contributed by atoms with E-state index in [1.54, 1.807) is 0 Å². The maximum atomic E-state index is 11.5. The van der Waals surface area contributed by atoms with Crippen molar-refractivity contribution < 1.29 is 47.6 Å². The van der Waals surface area contributed by atoms with Gasteiger partial charge in [-0.05, 0) is 25.7 Å². The number of hydrogen-bond acceptors (Lipinski definition) is 4. The molecule has 158 valence electrons. The zero-order valence-electron chi connectivity index (χ0n) is 18.3. The van der Waals surface area contributed by atoms with Crippen molar-refractivity contribution in [1.29, 1.82) is 0 Å². The molecule has 0 aliphatic carbocycles. The van der Waals surface area contributed by atoms with Crippen LogP contribution in [-0.2, 0) is 10.1 Å². The molecule has 0 saturated heterocycles. The van der Waals surface area contributed by atoms with Gasteiger partial charge in [0, 0.05) is 5.25 Å². The van der Waals surface area contributed by atoms with Gasteiger partial charge in [-0.1, -0.05) is 97.3 Å². The first-order valence-corrected chi connectivity index (χ1v) is 12.5. The summed E-state index contributed by atoms with van der Waals surface area (Å²) < 4.78 is 34.4. The Balaban J connectivity index is 0. The maximum Gasteiger partial charge on any atom is 1.00 e. The first-order chi connectivity index (χ1) is 12.4. The van der Waals surface area contributed by atoms with E-state index < -0.39 is 15.4 Å². The fourth-order valence-electron chi connectivity index (χ4n) is 3.45. The summed E-state index contributed by atoms with van der Waals surface area (Å²) in [7, 11) is -4.17. The van der Waals surface area contributed by atoms with Crippen LogP contribution in [0.2, 0.25) is 0 Å². The molecule has 27 heavy (non-hydrogen) atoms. The van der Waals surface area contributed by atoms with Gasteiger partial charge in [0.15, 0.2) is 0 Å². The summed E-state index contributed by atoms with van der Waals surface area (Å²) in [6, 6.07) is 0. The topological polar surface area (TPSA) is 77.4 Å². The van der Waals surface area contributed by atoms with E-state index in [1.165, 1.54) is 25.7 Å². The van der Waals surface area contributed by atoms with Crippen LogP contribution in [0.4, 0.5) is 0 Å². The SMILES string of the molecule is CCCCCCCCCC(CCCCCCC(O)CCCC)S(=O)(=O)[O-].[Na+]. The summed E-state index contributed by atoms with van der Waals surface area (Å²) in [6.45, 7) is 4.32. The fourth-order valence-corrected chi connectivity index (χ4v) is 4.36. The number of aliphatic hydroxyl groups is 1. The second-order valence-corrected chi connectivity index (χ2v) is 9.46. The second-order valence-electron chi connectivity index (χ2n) is 7.81. The van der Waals surface area contributed by atoms with Crippen LogP contribution >= 0.6 is 0 Å². The minimum absolute atomic E-state index is 0. The standard InChI is InChI=1S/C21H44O4S.Na/c1-3-5-7-8-9-10-14-18-21(26(23,24)25)19-15-12-11-13-17-20(22)16-6-4-2;/h20-22H,3-19H2,1-2H3,(H,23,24,25);/q;+1/p-1. The van der Waals surface area contributed by atoms with Crippen molar-refractivity contribution in [1.82, 2.24) is 0 Å². The Kier molecular flexibility index (Phi) is 22.4. The third-order valence-corrected chi connectivity index (χ3v) is 6.53. The summed E-state index contributed by atoms with van der Waals surface area (Å²) in [4.78, 5) is 0. The summed E-state index contributed by atoms with van der Waals surface area (Å²) in [5.74, 6) is 0. The monoisotopic (exact) mass is 414 g/mol. The van der Waals surface area contributed by atoms with Crippen LogP contribution in [0.25, 0.3) is 0 Å². The Morgan fingerprint density at radius 3 is 1.48 bits per heavy atom. The summed E-state index contributed by atoms with van der Waals surface area (Å²) in [6.07, 6.45) is 16.5. The molecule has 0 bridgehead atoms. The minimum Gasteiger partial charge on any atom is -0.748 e. The molecule has 0 rings (SSSR count). The molecule has 0 aromatic rings. The molecule has 0 fully saturated rings. The molecule has 0 saturated carbocycles. The summed E-state index contributed by atoms with van der Waals surface area (Å²) in [5, 5.41) is 9.10. The Morgan fingerprint density at radius 2 is 1.04 bits per heavy atom. The molecular weight excluding hydrogens is 371 g/mol. The number of aliphatic hydroxyl groups excluding tert-OH is 1. The van der Waals surface area contributed by atoms with E-state index in [2.05, 4.69) is 13.8 Å². The summed E-state index contributed by atoms with van der Waals surface area (Å²) >= 11 is 0. The van der Waals surface area contributed by atoms with Gasteiger partial charge in [0.25, 0.3) is 0 Å². The first kappa shape index (κ1) is 30.1. The van der Waals surface area contributed by atoms with Crippen molar-refractivity contribution in [2.24, 2.45) is 0 Å². The van der Waals surface area contributed by atoms with Gasteiger partial charge in [0.1, 0.15) is 0 Å². The fraction of sp³-hybridized carbons (Fsp3) is 1.00. The zero-order chi connectivity index (χ0) is 19.7. The van der Waals surface area contributed by atoms with Crippen molar-refractivity contribution in [3.8, 4) is 0 Å². The van der Waals surface area contributed by atoms with Crippen molar-refractivity contribution in [2.45, 2.75) is 134 Å². The molecule has 0 heterocycles. The van der Waals surface area contributed by atoms with Crippen LogP contribution in [0.1, 0.15) is 123 Å². The van der Waals surface area contributed by atoms with E-state index >= 15 is 0 Å². The van der Waals surface area contributed by atoms with Gasteiger partial charge in [-0.2, -0.15) is 0 Å². The Bertz CT molecular complexity index is 401. The normalized spacial score (nSPS) is 13.9. The largest absolute Gasteiger partial charge is 1.00 e. The summed E-state index contributed by atoms with van der Waals surface area (Å²) in [5.41, 5.74) is 0. The van der Waals surface area contributed by atoms with E-state index in [0.29, 0.717) is 12.8 Å². The molecule has 0 aliphatic heterocycles. The van der Waals surface area contributed by atoms with Crippen LogP contribution < -0.4 is 29.6 Å². The zero-order valence-corrected chi connectivity index (χ0v) is 21.1. The van der Waals surface area contributed by atoms with E-state index in [1.807, 2.05) is 0 Å². The van der Waals surface area contributed by atoms with Gasteiger partial charge in [0.05, 0.1) is 16.2 Å². The second kappa shape index (κ2) is 20.2. The molecular formula is C21H43NaO4S. The van der Waals surface area contributed by atoms with E-state index in [0.717, 1.165) is 70.6 Å². The van der Waals surface area contributed by atoms with Crippen LogP contribution in [-0.4, -0.2) is 29.4 Å². The number of hydrogen-bond donors (Lipinski definition) is 1. The van der Waals surface area contributed by atoms with Crippen LogP contribution in [0.5, 0.6) is 0 Å². The van der Waals surface area contributed by atoms with Gasteiger partial charge >= 0.3 is 29.6 Å². The molecule has 0 aromatic heterocycles. The van der Waals surface area contributed by atoms with Gasteiger partial charge in [-0.25, -0.2) is 8.42 Å². The maximum absolute atomic E-state index is 11.5. The molecule has 2 unspecified atom stereocenters. The van der Waals surface area contributed by atoms with Crippen LogP contribution in [0.3, 0.4) is 0 Å². The van der Waals surface area contributed by atoms with Gasteiger partial charge in [-0.15, -0.1) is 0 Å². The van der Waals surface area contributed by atoms with Crippen molar-refractivity contribution in [2.75, 3.05) is 0 Å². The minimum atomic E-state index is -4.17. The average molecular weight is 415 g/mol. The van der Waals surface area contributed by atoms with Crippen molar-refractivity contribution >= 4 is 10.1 Å². The molecule has 0 aromatic carbocycles. The Morgan fingerprint density at radius 1 is 0.667 bits per heavy atom. The average Bonchev–Trinajstić information content (AvgIpc) is 2.59. The predicted molar refractivity (Wildman–Crippen MR) is 109 cm³/mol. The molecule has 2 atom stereocenters. The van der Waals surface area contributed by atoms with E-state index in [9.17, 15) is 18.1 Å². The Hall–Kier alpha value is 0.870. The van der Waals surface area contributed by atoms with E-state index in [4.69, 9.17) is 0 Å². The molecule has 0 amide bonds. The van der Waals surface area contributed by atoms with Crippen LogP contribution in [0, 0.1) is 0 Å². The molecule has 0 spiro atoms. The van der Waals surface area contributed by atoms with E-state index in [-0.39, 0.29) is 35.7 Å². The molecule has 6 heteroatoms. The van der Waals surface area contributed by atoms with Gasteiger partial charge in [0.2, 0.25) is 0 Å². The molecule has 4 nitrogen and oxygen atoms in total. The molecule has 1 N–H and O–H groups in total. The quantitative estimate of drug-likeness (QED) is 0.200. The predicted octanol–water partition coefficient (Wildman–Crippen LogP) is 2.94. The number of rotatable bonds is 19. The third kappa shape index (κ3) is 19.9. The smallest absolute Gasteiger partial charge is 0.748 e. The van der Waals surface area contributed by atoms with Crippen molar-refractivity contribution in [3.63, 3.8) is 0 Å². The van der Waals surface area contributed by atoms with Crippen molar-refractivity contribution in [3.05, 3.63) is 0 Å².